The normalized spacial score (nSPS) is 13.9. The minimum Gasteiger partial charge on any atom is -0.308 e. The lowest BCUT2D eigenvalue weighted by molar-refractivity contribution is 0.502. The first-order chi connectivity index (χ1) is 6.50. The van der Waals surface area contributed by atoms with Gasteiger partial charge in [-0.1, -0.05) is 13.8 Å². The Morgan fingerprint density at radius 2 is 1.86 bits per heavy atom. The molecule has 0 aromatic carbocycles. The molecule has 3 nitrogen and oxygen atoms in total. The summed E-state index contributed by atoms with van der Waals surface area (Å²) in [7, 11) is 0. The second-order valence-corrected chi connectivity index (χ2v) is 4.39. The summed E-state index contributed by atoms with van der Waals surface area (Å²) < 4.78 is 1.99. The van der Waals surface area contributed by atoms with Crippen LogP contribution in [0.15, 0.2) is 12.4 Å². The first-order valence-corrected chi connectivity index (χ1v) is 5.30. The highest BCUT2D eigenvalue weighted by Gasteiger charge is 2.09. The molecule has 1 aromatic rings. The van der Waals surface area contributed by atoms with E-state index in [0.717, 1.165) is 0 Å². The molecular formula is C11H21N3. The van der Waals surface area contributed by atoms with E-state index >= 15 is 0 Å². The van der Waals surface area contributed by atoms with Crippen LogP contribution in [0, 0.1) is 0 Å². The van der Waals surface area contributed by atoms with E-state index in [1.54, 1.807) is 0 Å². The summed E-state index contributed by atoms with van der Waals surface area (Å²) in [5, 5.41) is 7.78. The standard InChI is InChI=1S/C11H21N3/c1-8(2)13-10(5)11-6-12-14(7-11)9(3)4/h6-10,13H,1-5H3. The Kier molecular flexibility index (Phi) is 3.69. The zero-order valence-corrected chi connectivity index (χ0v) is 9.78. The number of rotatable bonds is 4. The van der Waals surface area contributed by atoms with E-state index < -0.39 is 0 Å². The molecule has 0 radical (unpaired) electrons. The van der Waals surface area contributed by atoms with Gasteiger partial charge in [0.1, 0.15) is 0 Å². The van der Waals surface area contributed by atoms with Gasteiger partial charge >= 0.3 is 0 Å². The molecule has 1 atom stereocenters. The average Bonchev–Trinajstić information content (AvgIpc) is 2.50. The van der Waals surface area contributed by atoms with Gasteiger partial charge in [-0.15, -0.1) is 0 Å². The molecule has 0 fully saturated rings. The van der Waals surface area contributed by atoms with Gasteiger partial charge in [0, 0.05) is 29.9 Å². The summed E-state index contributed by atoms with van der Waals surface area (Å²) in [4.78, 5) is 0. The number of aromatic nitrogens is 2. The Balaban J connectivity index is 2.66. The molecule has 0 bridgehead atoms. The maximum Gasteiger partial charge on any atom is 0.0537 e. The lowest BCUT2D eigenvalue weighted by Gasteiger charge is -2.15. The number of nitrogens with one attached hydrogen (secondary N) is 1. The molecule has 1 rings (SSSR count). The molecule has 0 aliphatic rings. The van der Waals surface area contributed by atoms with Gasteiger partial charge < -0.3 is 5.32 Å². The zero-order valence-electron chi connectivity index (χ0n) is 9.78. The van der Waals surface area contributed by atoms with Crippen molar-refractivity contribution in [2.45, 2.75) is 52.7 Å². The fraction of sp³-hybridized carbons (Fsp3) is 0.727. The van der Waals surface area contributed by atoms with Crippen LogP contribution in [0.1, 0.15) is 52.3 Å². The van der Waals surface area contributed by atoms with E-state index in [1.807, 2.05) is 10.9 Å². The molecular weight excluding hydrogens is 174 g/mol. The molecule has 1 unspecified atom stereocenters. The molecule has 0 saturated heterocycles. The average molecular weight is 195 g/mol. The summed E-state index contributed by atoms with van der Waals surface area (Å²) in [5.41, 5.74) is 1.26. The topological polar surface area (TPSA) is 29.9 Å². The third kappa shape index (κ3) is 2.84. The Labute approximate surface area is 86.5 Å². The molecule has 14 heavy (non-hydrogen) atoms. The molecule has 0 aliphatic heterocycles. The highest BCUT2D eigenvalue weighted by atomic mass is 15.3. The fourth-order valence-electron chi connectivity index (χ4n) is 1.45. The summed E-state index contributed by atoms with van der Waals surface area (Å²) in [5.74, 6) is 0. The van der Waals surface area contributed by atoms with Gasteiger partial charge in [-0.25, -0.2) is 0 Å². The minimum atomic E-state index is 0.377. The van der Waals surface area contributed by atoms with E-state index in [1.165, 1.54) is 5.56 Å². The van der Waals surface area contributed by atoms with Crippen LogP contribution in [0.25, 0.3) is 0 Å². The van der Waals surface area contributed by atoms with Crippen molar-refractivity contribution in [1.82, 2.24) is 15.1 Å². The van der Waals surface area contributed by atoms with Crippen molar-refractivity contribution >= 4 is 0 Å². The van der Waals surface area contributed by atoms with Crippen LogP contribution in [0.2, 0.25) is 0 Å². The smallest absolute Gasteiger partial charge is 0.0537 e. The van der Waals surface area contributed by atoms with Gasteiger partial charge in [0.15, 0.2) is 0 Å². The van der Waals surface area contributed by atoms with Crippen molar-refractivity contribution in [3.8, 4) is 0 Å². The Morgan fingerprint density at radius 1 is 1.21 bits per heavy atom. The minimum absolute atomic E-state index is 0.377. The highest BCUT2D eigenvalue weighted by molar-refractivity contribution is 5.09. The summed E-state index contributed by atoms with van der Waals surface area (Å²) in [6.45, 7) is 10.8. The first kappa shape index (κ1) is 11.2. The largest absolute Gasteiger partial charge is 0.308 e. The van der Waals surface area contributed by atoms with Crippen molar-refractivity contribution in [1.29, 1.82) is 0 Å². The molecule has 3 heteroatoms. The third-order valence-electron chi connectivity index (χ3n) is 2.23. The van der Waals surface area contributed by atoms with Gasteiger partial charge in [0.25, 0.3) is 0 Å². The van der Waals surface area contributed by atoms with Crippen molar-refractivity contribution in [3.05, 3.63) is 18.0 Å². The summed E-state index contributed by atoms with van der Waals surface area (Å²) in [6, 6.07) is 1.32. The Hall–Kier alpha value is -0.830. The van der Waals surface area contributed by atoms with E-state index in [4.69, 9.17) is 0 Å². The van der Waals surface area contributed by atoms with Gasteiger partial charge in [-0.3, -0.25) is 4.68 Å². The van der Waals surface area contributed by atoms with Crippen LogP contribution in [0.3, 0.4) is 0 Å². The predicted octanol–water partition coefficient (Wildman–Crippen LogP) is 2.52. The maximum absolute atomic E-state index is 4.32. The van der Waals surface area contributed by atoms with Crippen LogP contribution >= 0.6 is 0 Å². The van der Waals surface area contributed by atoms with Gasteiger partial charge in [-0.2, -0.15) is 5.10 Å². The van der Waals surface area contributed by atoms with Crippen molar-refractivity contribution in [2.75, 3.05) is 0 Å². The van der Waals surface area contributed by atoms with Gasteiger partial charge in [0.2, 0.25) is 0 Å². The summed E-state index contributed by atoms with van der Waals surface area (Å²) in [6.07, 6.45) is 4.06. The van der Waals surface area contributed by atoms with E-state index in [2.05, 4.69) is 51.2 Å². The maximum atomic E-state index is 4.32. The molecule has 0 saturated carbocycles. The number of hydrogen-bond acceptors (Lipinski definition) is 2. The van der Waals surface area contributed by atoms with E-state index in [0.29, 0.717) is 18.1 Å². The molecule has 0 spiro atoms. The number of hydrogen-bond donors (Lipinski definition) is 1. The van der Waals surface area contributed by atoms with E-state index in [-0.39, 0.29) is 0 Å². The SMILES string of the molecule is CC(C)NC(C)c1cnn(C(C)C)c1. The predicted molar refractivity (Wildman–Crippen MR) is 59.3 cm³/mol. The van der Waals surface area contributed by atoms with Gasteiger partial charge in [0.05, 0.1) is 6.20 Å². The van der Waals surface area contributed by atoms with Crippen molar-refractivity contribution in [2.24, 2.45) is 0 Å². The van der Waals surface area contributed by atoms with Crippen LogP contribution < -0.4 is 5.32 Å². The highest BCUT2D eigenvalue weighted by Crippen LogP contribution is 2.13. The monoisotopic (exact) mass is 195 g/mol. The lowest BCUT2D eigenvalue weighted by atomic mass is 10.2. The molecule has 0 aliphatic carbocycles. The van der Waals surface area contributed by atoms with Crippen LogP contribution in [-0.4, -0.2) is 15.8 Å². The van der Waals surface area contributed by atoms with Crippen LogP contribution in [0.5, 0.6) is 0 Å². The second kappa shape index (κ2) is 4.60. The third-order valence-corrected chi connectivity index (χ3v) is 2.23. The van der Waals surface area contributed by atoms with Crippen LogP contribution in [0.4, 0.5) is 0 Å². The first-order valence-electron chi connectivity index (χ1n) is 5.30. The number of nitrogens with zero attached hydrogens (tertiary/aromatic N) is 2. The van der Waals surface area contributed by atoms with E-state index in [9.17, 15) is 0 Å². The van der Waals surface area contributed by atoms with Crippen molar-refractivity contribution < 1.29 is 0 Å². The molecule has 1 N–H and O–H groups in total. The Bertz CT molecular complexity index is 276. The fourth-order valence-corrected chi connectivity index (χ4v) is 1.45. The van der Waals surface area contributed by atoms with Gasteiger partial charge in [-0.05, 0) is 20.8 Å². The molecule has 80 valence electrons. The van der Waals surface area contributed by atoms with Crippen molar-refractivity contribution in [3.63, 3.8) is 0 Å². The molecule has 1 heterocycles. The lowest BCUT2D eigenvalue weighted by Crippen LogP contribution is -2.25. The Morgan fingerprint density at radius 3 is 2.29 bits per heavy atom. The quantitative estimate of drug-likeness (QED) is 0.800. The second-order valence-electron chi connectivity index (χ2n) is 4.39. The molecule has 0 amide bonds. The zero-order chi connectivity index (χ0) is 10.7. The molecule has 1 aromatic heterocycles. The summed E-state index contributed by atoms with van der Waals surface area (Å²) >= 11 is 0. The van der Waals surface area contributed by atoms with Crippen LogP contribution in [-0.2, 0) is 0 Å².